The quantitative estimate of drug-likeness (QED) is 0.254. The molecule has 6 rings (SSSR count). The highest BCUT2D eigenvalue weighted by atomic mass is 14.4. The fraction of sp³-hybridized carbons (Fsp3) is 0.0909. The summed E-state index contributed by atoms with van der Waals surface area (Å²) in [4.78, 5) is 0. The molecule has 0 radical (unpaired) electrons. The van der Waals surface area contributed by atoms with Crippen LogP contribution in [0.3, 0.4) is 0 Å². The third kappa shape index (κ3) is 3.39. The van der Waals surface area contributed by atoms with Crippen LogP contribution in [0.5, 0.6) is 0 Å². The molecule has 0 unspecified atom stereocenters. The van der Waals surface area contributed by atoms with Gasteiger partial charge in [-0.25, -0.2) is 0 Å². The van der Waals surface area contributed by atoms with Crippen LogP contribution in [0.1, 0.15) is 36.1 Å². The average molecular weight is 423 g/mol. The lowest BCUT2D eigenvalue weighted by Crippen LogP contribution is -2.14. The highest BCUT2D eigenvalue weighted by Gasteiger charge is 2.35. The first-order valence-electron chi connectivity index (χ1n) is 11.6. The Bertz CT molecular complexity index is 1520. The molecule has 0 aliphatic heterocycles. The fourth-order valence-electron chi connectivity index (χ4n) is 5.19. The molecular formula is C33H26. The molecule has 0 saturated heterocycles. The smallest absolute Gasteiger partial charge is 0.0159 e. The molecule has 1 aliphatic rings. The van der Waals surface area contributed by atoms with Crippen LogP contribution in [0.4, 0.5) is 0 Å². The standard InChI is InChI=1S/C33H26/c1-33(2)31-11-7-6-10-29(31)30-19-18-28(22-32(30)33)27-17-16-25-20-24(14-15-26(25)21-27)13-12-23-8-4-3-5-9-23/h3-22H,1-2H3. The molecule has 0 heterocycles. The van der Waals surface area contributed by atoms with Crippen molar-refractivity contribution in [1.29, 1.82) is 0 Å². The third-order valence-electron chi connectivity index (χ3n) is 7.05. The molecule has 0 amide bonds. The summed E-state index contributed by atoms with van der Waals surface area (Å²) < 4.78 is 0. The van der Waals surface area contributed by atoms with E-state index in [1.807, 2.05) is 6.07 Å². The van der Waals surface area contributed by atoms with Crippen LogP contribution in [0.15, 0.2) is 109 Å². The highest BCUT2D eigenvalue weighted by Crippen LogP contribution is 2.49. The van der Waals surface area contributed by atoms with Gasteiger partial charge in [0.2, 0.25) is 0 Å². The van der Waals surface area contributed by atoms with Crippen molar-refractivity contribution in [3.63, 3.8) is 0 Å². The number of rotatable bonds is 3. The number of hydrogen-bond donors (Lipinski definition) is 0. The summed E-state index contributed by atoms with van der Waals surface area (Å²) in [5.41, 5.74) is 10.6. The summed E-state index contributed by atoms with van der Waals surface area (Å²) in [6.07, 6.45) is 4.35. The lowest BCUT2D eigenvalue weighted by molar-refractivity contribution is 0.660. The Balaban J connectivity index is 1.35. The van der Waals surface area contributed by atoms with E-state index in [4.69, 9.17) is 0 Å². The van der Waals surface area contributed by atoms with E-state index in [9.17, 15) is 0 Å². The molecule has 0 heteroatoms. The molecule has 0 fully saturated rings. The topological polar surface area (TPSA) is 0 Å². The van der Waals surface area contributed by atoms with Crippen LogP contribution in [0, 0.1) is 0 Å². The summed E-state index contributed by atoms with van der Waals surface area (Å²) in [5, 5.41) is 2.54. The Morgan fingerprint density at radius 3 is 2.00 bits per heavy atom. The van der Waals surface area contributed by atoms with Crippen molar-refractivity contribution in [3.05, 3.63) is 131 Å². The van der Waals surface area contributed by atoms with Crippen LogP contribution in [0.2, 0.25) is 0 Å². The minimum atomic E-state index is 0.0266. The SMILES string of the molecule is CC1(C)c2ccccc2-c2ccc(-c3ccc4cc(C=Cc5ccccc5)ccc4c3)cc21. The molecule has 0 spiro atoms. The van der Waals surface area contributed by atoms with Crippen LogP contribution < -0.4 is 0 Å². The normalized spacial score (nSPS) is 13.9. The average Bonchev–Trinajstić information content (AvgIpc) is 3.09. The summed E-state index contributed by atoms with van der Waals surface area (Å²) in [5.74, 6) is 0. The first-order valence-corrected chi connectivity index (χ1v) is 11.6. The Hall–Kier alpha value is -3.90. The van der Waals surface area contributed by atoms with Gasteiger partial charge < -0.3 is 0 Å². The van der Waals surface area contributed by atoms with E-state index in [0.29, 0.717) is 0 Å². The van der Waals surface area contributed by atoms with Crippen molar-refractivity contribution >= 4 is 22.9 Å². The number of hydrogen-bond acceptors (Lipinski definition) is 0. The van der Waals surface area contributed by atoms with E-state index in [0.717, 1.165) is 0 Å². The lowest BCUT2D eigenvalue weighted by atomic mass is 9.81. The van der Waals surface area contributed by atoms with Gasteiger partial charge in [-0.3, -0.25) is 0 Å². The van der Waals surface area contributed by atoms with Gasteiger partial charge in [-0.15, -0.1) is 0 Å². The van der Waals surface area contributed by atoms with Crippen molar-refractivity contribution in [2.75, 3.05) is 0 Å². The summed E-state index contributed by atoms with van der Waals surface area (Å²) in [6.45, 7) is 4.68. The molecule has 5 aromatic carbocycles. The predicted molar refractivity (Wildman–Crippen MR) is 142 cm³/mol. The lowest BCUT2D eigenvalue weighted by Gasteiger charge is -2.22. The van der Waals surface area contributed by atoms with E-state index in [1.165, 1.54) is 55.3 Å². The van der Waals surface area contributed by atoms with Gasteiger partial charge in [-0.1, -0.05) is 117 Å². The van der Waals surface area contributed by atoms with Crippen molar-refractivity contribution < 1.29 is 0 Å². The van der Waals surface area contributed by atoms with Crippen molar-refractivity contribution in [3.8, 4) is 22.3 Å². The van der Waals surface area contributed by atoms with Crippen molar-refractivity contribution in [2.24, 2.45) is 0 Å². The Morgan fingerprint density at radius 1 is 0.485 bits per heavy atom. The Morgan fingerprint density at radius 2 is 1.12 bits per heavy atom. The largest absolute Gasteiger partial charge is 0.0622 e. The molecule has 0 nitrogen and oxygen atoms in total. The van der Waals surface area contributed by atoms with Gasteiger partial charge in [0.25, 0.3) is 0 Å². The van der Waals surface area contributed by atoms with Crippen molar-refractivity contribution in [2.45, 2.75) is 19.3 Å². The molecule has 1 aliphatic carbocycles. The fourth-order valence-corrected chi connectivity index (χ4v) is 5.19. The van der Waals surface area contributed by atoms with Gasteiger partial charge in [0, 0.05) is 5.41 Å². The molecule has 0 N–H and O–H groups in total. The zero-order valence-corrected chi connectivity index (χ0v) is 19.0. The van der Waals surface area contributed by atoms with Gasteiger partial charge in [0.15, 0.2) is 0 Å². The van der Waals surface area contributed by atoms with Crippen LogP contribution in [-0.2, 0) is 5.41 Å². The van der Waals surface area contributed by atoms with Gasteiger partial charge >= 0.3 is 0 Å². The summed E-state index contributed by atoms with van der Waals surface area (Å²) in [7, 11) is 0. The zero-order chi connectivity index (χ0) is 22.4. The summed E-state index contributed by atoms with van der Waals surface area (Å²) >= 11 is 0. The van der Waals surface area contributed by atoms with Crippen LogP contribution >= 0.6 is 0 Å². The zero-order valence-electron chi connectivity index (χ0n) is 19.0. The van der Waals surface area contributed by atoms with E-state index < -0.39 is 0 Å². The molecular weight excluding hydrogens is 396 g/mol. The van der Waals surface area contributed by atoms with Gasteiger partial charge in [-0.2, -0.15) is 0 Å². The predicted octanol–water partition coefficient (Wildman–Crippen LogP) is 8.98. The molecule has 0 aromatic heterocycles. The van der Waals surface area contributed by atoms with E-state index in [1.54, 1.807) is 0 Å². The Labute approximate surface area is 195 Å². The molecule has 5 aromatic rings. The van der Waals surface area contributed by atoms with Gasteiger partial charge in [0.1, 0.15) is 0 Å². The second-order valence-corrected chi connectivity index (χ2v) is 9.50. The minimum Gasteiger partial charge on any atom is -0.0622 e. The maximum atomic E-state index is 2.40. The monoisotopic (exact) mass is 422 g/mol. The van der Waals surface area contributed by atoms with Gasteiger partial charge in [0.05, 0.1) is 0 Å². The molecule has 158 valence electrons. The maximum Gasteiger partial charge on any atom is 0.0159 e. The Kier molecular flexibility index (Phi) is 4.55. The van der Waals surface area contributed by atoms with Gasteiger partial charge in [-0.05, 0) is 73.5 Å². The summed E-state index contributed by atoms with van der Waals surface area (Å²) in [6, 6.07) is 39.8. The molecule has 33 heavy (non-hydrogen) atoms. The second kappa shape index (κ2) is 7.60. The second-order valence-electron chi connectivity index (χ2n) is 9.50. The van der Waals surface area contributed by atoms with E-state index in [2.05, 4.69) is 129 Å². The number of fused-ring (bicyclic) bond motifs is 4. The van der Waals surface area contributed by atoms with Crippen LogP contribution in [0.25, 0.3) is 45.2 Å². The van der Waals surface area contributed by atoms with Crippen LogP contribution in [-0.4, -0.2) is 0 Å². The van der Waals surface area contributed by atoms with E-state index in [-0.39, 0.29) is 5.41 Å². The number of benzene rings is 5. The van der Waals surface area contributed by atoms with E-state index >= 15 is 0 Å². The molecule has 0 bridgehead atoms. The first kappa shape index (κ1) is 19.8. The third-order valence-corrected chi connectivity index (χ3v) is 7.05. The minimum absolute atomic E-state index is 0.0266. The molecule has 0 atom stereocenters. The highest BCUT2D eigenvalue weighted by molar-refractivity contribution is 5.91. The van der Waals surface area contributed by atoms with Crippen molar-refractivity contribution in [1.82, 2.24) is 0 Å². The molecule has 0 saturated carbocycles. The maximum absolute atomic E-state index is 2.40. The first-order chi connectivity index (χ1) is 16.1.